The number of ether oxygens (including phenoxy) is 1. The molecule has 1 aromatic rings. The lowest BCUT2D eigenvalue weighted by molar-refractivity contribution is -0.124. The summed E-state index contributed by atoms with van der Waals surface area (Å²) in [6, 6.07) is 5.53. The number of nitrogens with zero attached hydrogens (tertiary/aromatic N) is 1. The van der Waals surface area contributed by atoms with Crippen LogP contribution in [0.3, 0.4) is 0 Å². The first kappa shape index (κ1) is 17.0. The lowest BCUT2D eigenvalue weighted by Gasteiger charge is -2.24. The average molecular weight is 292 g/mol. The van der Waals surface area contributed by atoms with E-state index in [4.69, 9.17) is 9.94 Å². The number of aryl methyl sites for hydroxylation is 1. The fraction of sp³-hybridized carbons (Fsp3) is 0.500. The molecule has 0 saturated carbocycles. The summed E-state index contributed by atoms with van der Waals surface area (Å²) < 4.78 is 5.59. The molecule has 21 heavy (non-hydrogen) atoms. The summed E-state index contributed by atoms with van der Waals surface area (Å²) in [6.07, 6.45) is 0.838. The van der Waals surface area contributed by atoms with E-state index in [1.54, 1.807) is 6.92 Å². The van der Waals surface area contributed by atoms with E-state index in [1.807, 2.05) is 45.9 Å². The van der Waals surface area contributed by atoms with Gasteiger partial charge < -0.3 is 15.3 Å². The average Bonchev–Trinajstić information content (AvgIpc) is 2.44. The van der Waals surface area contributed by atoms with Crippen molar-refractivity contribution in [2.24, 2.45) is 5.16 Å². The molecule has 1 amide bonds. The van der Waals surface area contributed by atoms with Crippen LogP contribution in [-0.2, 0) is 4.79 Å². The van der Waals surface area contributed by atoms with Crippen molar-refractivity contribution in [3.05, 3.63) is 29.3 Å². The Morgan fingerprint density at radius 2 is 2.10 bits per heavy atom. The van der Waals surface area contributed by atoms with E-state index in [-0.39, 0.29) is 18.1 Å². The molecule has 1 rings (SSSR count). The highest BCUT2D eigenvalue weighted by molar-refractivity contribution is 6.00. The third-order valence-electron chi connectivity index (χ3n) is 3.40. The molecule has 5 heteroatoms. The van der Waals surface area contributed by atoms with E-state index in [1.165, 1.54) is 0 Å². The van der Waals surface area contributed by atoms with Crippen LogP contribution >= 0.6 is 0 Å². The molecular formula is C16H24N2O3. The lowest BCUT2D eigenvalue weighted by atomic mass is 10.0. The molecule has 0 aliphatic carbocycles. The largest absolute Gasteiger partial charge is 0.483 e. The fourth-order valence-electron chi connectivity index (χ4n) is 1.75. The summed E-state index contributed by atoms with van der Waals surface area (Å²) in [5.74, 6) is 0.364. The summed E-state index contributed by atoms with van der Waals surface area (Å²) in [5, 5.41) is 15.0. The molecule has 0 aromatic heterocycles. The quantitative estimate of drug-likeness (QED) is 0.481. The molecule has 0 radical (unpaired) electrons. The van der Waals surface area contributed by atoms with Crippen molar-refractivity contribution in [2.45, 2.75) is 46.6 Å². The van der Waals surface area contributed by atoms with Gasteiger partial charge in [-0.25, -0.2) is 0 Å². The molecule has 0 unspecified atom stereocenters. The number of oxime groups is 1. The highest BCUT2D eigenvalue weighted by Crippen LogP contribution is 2.21. The van der Waals surface area contributed by atoms with Crippen molar-refractivity contribution >= 4 is 11.6 Å². The standard InChI is InChI=1S/C16H24N2O3/c1-6-16(4,5)17-15(19)10-21-14-9-11(2)7-8-13(14)12(3)18-20/h7-9,20H,6,10H2,1-5H3,(H,17,19). The van der Waals surface area contributed by atoms with E-state index in [9.17, 15) is 4.79 Å². The number of hydrogen-bond donors (Lipinski definition) is 2. The number of carbonyl (C=O) groups excluding carboxylic acids is 1. The van der Waals surface area contributed by atoms with Gasteiger partial charge in [0.05, 0.1) is 5.71 Å². The van der Waals surface area contributed by atoms with E-state index in [2.05, 4.69) is 10.5 Å². The zero-order valence-electron chi connectivity index (χ0n) is 13.4. The molecule has 0 aliphatic rings. The molecule has 0 spiro atoms. The number of amides is 1. The lowest BCUT2D eigenvalue weighted by Crippen LogP contribution is -2.44. The second kappa shape index (κ2) is 7.11. The van der Waals surface area contributed by atoms with Crippen LogP contribution in [0.25, 0.3) is 0 Å². The molecule has 0 saturated heterocycles. The van der Waals surface area contributed by atoms with Crippen LogP contribution in [0.15, 0.2) is 23.4 Å². The van der Waals surface area contributed by atoms with Gasteiger partial charge in [-0.15, -0.1) is 0 Å². The Kier molecular flexibility index (Phi) is 5.76. The molecular weight excluding hydrogens is 268 g/mol. The number of nitrogens with one attached hydrogen (secondary N) is 1. The minimum Gasteiger partial charge on any atom is -0.483 e. The Hall–Kier alpha value is -2.04. The van der Waals surface area contributed by atoms with E-state index in [0.717, 1.165) is 12.0 Å². The highest BCUT2D eigenvalue weighted by Gasteiger charge is 2.18. The number of hydrogen-bond acceptors (Lipinski definition) is 4. The fourth-order valence-corrected chi connectivity index (χ4v) is 1.75. The van der Waals surface area contributed by atoms with Crippen molar-refractivity contribution in [1.29, 1.82) is 0 Å². The predicted molar refractivity (Wildman–Crippen MR) is 83.2 cm³/mol. The summed E-state index contributed by atoms with van der Waals surface area (Å²) in [7, 11) is 0. The maximum atomic E-state index is 11.9. The maximum Gasteiger partial charge on any atom is 0.258 e. The molecule has 116 valence electrons. The van der Waals surface area contributed by atoms with Crippen LogP contribution in [0, 0.1) is 6.92 Å². The Labute approximate surface area is 126 Å². The topological polar surface area (TPSA) is 70.9 Å². The van der Waals surface area contributed by atoms with Gasteiger partial charge in [-0.1, -0.05) is 18.1 Å². The Morgan fingerprint density at radius 1 is 1.43 bits per heavy atom. The summed E-state index contributed by atoms with van der Waals surface area (Å²) >= 11 is 0. The molecule has 0 fully saturated rings. The number of rotatable bonds is 6. The number of carbonyl (C=O) groups is 1. The molecule has 1 aromatic carbocycles. The van der Waals surface area contributed by atoms with Gasteiger partial charge in [-0.3, -0.25) is 4.79 Å². The summed E-state index contributed by atoms with van der Waals surface area (Å²) in [5.41, 5.74) is 1.87. The smallest absolute Gasteiger partial charge is 0.258 e. The van der Waals surface area contributed by atoms with Crippen molar-refractivity contribution in [1.82, 2.24) is 5.32 Å². The van der Waals surface area contributed by atoms with Gasteiger partial charge in [-0.2, -0.15) is 0 Å². The third-order valence-corrected chi connectivity index (χ3v) is 3.40. The minimum atomic E-state index is -0.252. The number of benzene rings is 1. The van der Waals surface area contributed by atoms with Gasteiger partial charge in [-0.05, 0) is 51.8 Å². The van der Waals surface area contributed by atoms with Gasteiger partial charge >= 0.3 is 0 Å². The summed E-state index contributed by atoms with van der Waals surface area (Å²) in [4.78, 5) is 11.9. The van der Waals surface area contributed by atoms with E-state index < -0.39 is 0 Å². The van der Waals surface area contributed by atoms with Gasteiger partial charge in [0.1, 0.15) is 5.75 Å². The van der Waals surface area contributed by atoms with Crippen molar-refractivity contribution in [2.75, 3.05) is 6.61 Å². The zero-order valence-corrected chi connectivity index (χ0v) is 13.4. The monoisotopic (exact) mass is 292 g/mol. The molecule has 0 atom stereocenters. The molecule has 5 nitrogen and oxygen atoms in total. The van der Waals surface area contributed by atoms with Crippen LogP contribution < -0.4 is 10.1 Å². The van der Waals surface area contributed by atoms with Gasteiger partial charge in [0, 0.05) is 11.1 Å². The van der Waals surface area contributed by atoms with Crippen molar-refractivity contribution in [3.8, 4) is 5.75 Å². The third kappa shape index (κ3) is 5.10. The molecule has 0 aliphatic heterocycles. The van der Waals surface area contributed by atoms with Crippen LogP contribution in [0.5, 0.6) is 5.75 Å². The Bertz CT molecular complexity index is 536. The normalized spacial score (nSPS) is 12.1. The van der Waals surface area contributed by atoms with Gasteiger partial charge in [0.2, 0.25) is 0 Å². The minimum absolute atomic E-state index is 0.0708. The first-order valence-electron chi connectivity index (χ1n) is 7.02. The maximum absolute atomic E-state index is 11.9. The van der Waals surface area contributed by atoms with Crippen LogP contribution in [0.4, 0.5) is 0 Å². The molecule has 0 heterocycles. The molecule has 2 N–H and O–H groups in total. The van der Waals surface area contributed by atoms with Crippen LogP contribution in [0.2, 0.25) is 0 Å². The van der Waals surface area contributed by atoms with E-state index in [0.29, 0.717) is 17.0 Å². The Morgan fingerprint density at radius 3 is 2.67 bits per heavy atom. The van der Waals surface area contributed by atoms with Crippen LogP contribution in [0.1, 0.15) is 45.2 Å². The second-order valence-corrected chi connectivity index (χ2v) is 5.76. The first-order chi connectivity index (χ1) is 9.79. The van der Waals surface area contributed by atoms with Crippen molar-refractivity contribution in [3.63, 3.8) is 0 Å². The first-order valence-corrected chi connectivity index (χ1v) is 7.02. The van der Waals surface area contributed by atoms with Crippen LogP contribution in [-0.4, -0.2) is 29.0 Å². The molecule has 0 bridgehead atoms. The van der Waals surface area contributed by atoms with Crippen molar-refractivity contribution < 1.29 is 14.7 Å². The van der Waals surface area contributed by atoms with E-state index >= 15 is 0 Å². The zero-order chi connectivity index (χ0) is 16.0. The Balaban J connectivity index is 2.79. The van der Waals surface area contributed by atoms with Gasteiger partial charge in [0.15, 0.2) is 6.61 Å². The van der Waals surface area contributed by atoms with Gasteiger partial charge in [0.25, 0.3) is 5.91 Å². The SMILES string of the molecule is CCC(C)(C)NC(=O)COc1cc(C)ccc1C(C)=NO. The highest BCUT2D eigenvalue weighted by atomic mass is 16.5. The predicted octanol–water partition coefficient (Wildman–Crippen LogP) is 2.88. The summed E-state index contributed by atoms with van der Waals surface area (Å²) in [6.45, 7) is 9.48. The second-order valence-electron chi connectivity index (χ2n) is 5.76.